The average molecular weight is 103 g/mol. The Morgan fingerprint density at radius 3 is 1.67 bits per heavy atom. The minimum Gasteiger partial charge on any atom is -0.383 e. The fourth-order valence-electron chi connectivity index (χ4n) is 0. The van der Waals surface area contributed by atoms with E-state index in [4.69, 9.17) is 0 Å². The van der Waals surface area contributed by atoms with Crippen LogP contribution < -0.4 is 0 Å². The second-order valence-corrected chi connectivity index (χ2v) is 3.35. The molecule has 0 bridgehead atoms. The van der Waals surface area contributed by atoms with Crippen molar-refractivity contribution in [3.05, 3.63) is 0 Å². The Morgan fingerprint density at radius 2 is 1.67 bits per heavy atom. The van der Waals surface area contributed by atoms with Gasteiger partial charge in [-0.2, -0.15) is 0 Å². The number of hydrogen-bond acceptors (Lipinski definition) is 1. The molecule has 0 saturated carbocycles. The molecule has 0 rings (SSSR count). The highest BCUT2D eigenvalue weighted by Crippen LogP contribution is 1.67. The molecule has 0 amide bonds. The van der Waals surface area contributed by atoms with Crippen LogP contribution in [0, 0.1) is 0 Å². The zero-order valence-corrected chi connectivity index (χ0v) is 5.36. The van der Waals surface area contributed by atoms with Crippen LogP contribution in [0.25, 0.3) is 0 Å². The fourth-order valence-corrected chi connectivity index (χ4v) is 0. The molecule has 0 radical (unpaired) electrons. The lowest BCUT2D eigenvalue weighted by atomic mass is 11.3. The van der Waals surface area contributed by atoms with E-state index in [1.807, 2.05) is 0 Å². The lowest BCUT2D eigenvalue weighted by Gasteiger charge is -2.01. The van der Waals surface area contributed by atoms with Gasteiger partial charge in [-0.15, -0.1) is 0 Å². The van der Waals surface area contributed by atoms with Gasteiger partial charge >= 0.3 is 8.84 Å². The number of hydrogen-bond donors (Lipinski definition) is 0. The van der Waals surface area contributed by atoms with Gasteiger partial charge in [0.2, 0.25) is 0 Å². The highest BCUT2D eigenvalue weighted by molar-refractivity contribution is 6.37. The summed E-state index contributed by atoms with van der Waals surface area (Å²) in [5.41, 5.74) is 0. The van der Waals surface area contributed by atoms with Crippen molar-refractivity contribution in [2.24, 2.45) is 0 Å². The molecule has 0 fully saturated rings. The second kappa shape index (κ2) is 2.07. The second-order valence-electron chi connectivity index (χ2n) is 1.41. The van der Waals surface area contributed by atoms with Crippen LogP contribution >= 0.6 is 0 Å². The van der Waals surface area contributed by atoms with Gasteiger partial charge in [-0.1, -0.05) is 0 Å². The summed E-state index contributed by atoms with van der Waals surface area (Å²) in [7, 11) is 2.25. The van der Waals surface area contributed by atoms with Gasteiger partial charge in [0, 0.05) is 0 Å². The Bertz CT molecular complexity index is 61.8. The monoisotopic (exact) mass is 103 g/mol. The Hall–Kier alpha value is -0.183. The summed E-state index contributed by atoms with van der Waals surface area (Å²) >= 11 is 0. The van der Waals surface area contributed by atoms with Crippen molar-refractivity contribution in [1.82, 2.24) is 4.57 Å². The van der Waals surface area contributed by atoms with Gasteiger partial charge in [0.25, 0.3) is 0 Å². The summed E-state index contributed by atoms with van der Waals surface area (Å²) in [5, 5.41) is 0. The van der Waals surface area contributed by atoms with Crippen molar-refractivity contribution < 1.29 is 4.46 Å². The van der Waals surface area contributed by atoms with E-state index in [1.54, 1.807) is 25.2 Å². The van der Waals surface area contributed by atoms with Gasteiger partial charge in [0.15, 0.2) is 0 Å². The zero-order chi connectivity index (χ0) is 5.15. The van der Waals surface area contributed by atoms with Gasteiger partial charge in [0.1, 0.15) is 0 Å². The molecule has 0 saturated heterocycles. The van der Waals surface area contributed by atoms with E-state index in [0.29, 0.717) is 0 Å². The molecule has 0 atom stereocenters. The van der Waals surface area contributed by atoms with Gasteiger partial charge in [-0.25, -0.2) is 0 Å². The van der Waals surface area contributed by atoms with Gasteiger partial charge in [-0.3, -0.25) is 0 Å². The predicted molar refractivity (Wildman–Crippen MR) is 26.0 cm³/mol. The molecule has 0 aromatic rings. The van der Waals surface area contributed by atoms with Crippen LogP contribution in [0.15, 0.2) is 0 Å². The summed E-state index contributed by atoms with van der Waals surface area (Å²) in [6.07, 6.45) is 0. The minimum atomic E-state index is -1.37. The smallest absolute Gasteiger partial charge is 0.383 e. The third-order valence-electron chi connectivity index (χ3n) is 0.630. The van der Waals surface area contributed by atoms with Crippen LogP contribution in [0.4, 0.5) is 0 Å². The number of rotatable bonds is 1. The third kappa shape index (κ3) is 2.08. The maximum Gasteiger partial charge on any atom is 0.390 e. The topological polar surface area (TPSA) is 20.3 Å². The molecule has 2 nitrogen and oxygen atoms in total. The predicted octanol–water partition coefficient (Wildman–Crippen LogP) is 0.0965. The SMILES string of the molecule is CN(C)[Si](C)=O. The number of nitrogens with zero attached hydrogens (tertiary/aromatic N) is 1. The van der Waals surface area contributed by atoms with Gasteiger partial charge in [-0.05, 0) is 20.6 Å². The molecule has 0 aliphatic carbocycles. The molecule has 0 heterocycles. The Balaban J connectivity index is 3.26. The molecule has 6 heavy (non-hydrogen) atoms. The maximum atomic E-state index is 10.3. The van der Waals surface area contributed by atoms with Crippen molar-refractivity contribution in [2.75, 3.05) is 14.1 Å². The molecule has 0 unspecified atom stereocenters. The van der Waals surface area contributed by atoms with E-state index >= 15 is 0 Å². The molecule has 0 aliphatic rings. The largest absolute Gasteiger partial charge is 0.390 e. The van der Waals surface area contributed by atoms with Crippen molar-refractivity contribution in [3.63, 3.8) is 0 Å². The van der Waals surface area contributed by atoms with E-state index in [2.05, 4.69) is 0 Å². The Labute approximate surface area is 39.5 Å². The quantitative estimate of drug-likeness (QED) is 0.439. The van der Waals surface area contributed by atoms with E-state index in [1.165, 1.54) is 0 Å². The van der Waals surface area contributed by atoms with E-state index in [-0.39, 0.29) is 0 Å². The average Bonchev–Trinajstić information content (AvgIpc) is 1.36. The summed E-state index contributed by atoms with van der Waals surface area (Å²) in [5.74, 6) is 0. The van der Waals surface area contributed by atoms with Crippen LogP contribution in [0.1, 0.15) is 0 Å². The van der Waals surface area contributed by atoms with Crippen LogP contribution in [-0.2, 0) is 4.46 Å². The first-order valence-corrected chi connectivity index (χ1v) is 3.68. The summed E-state index contributed by atoms with van der Waals surface area (Å²) in [6, 6.07) is 0. The highest BCUT2D eigenvalue weighted by atomic mass is 28.3. The fraction of sp³-hybridized carbons (Fsp3) is 1.00. The molecular weight excluding hydrogens is 94.1 g/mol. The zero-order valence-electron chi connectivity index (χ0n) is 4.36. The van der Waals surface area contributed by atoms with Crippen LogP contribution in [0.2, 0.25) is 6.55 Å². The standard InChI is InChI=1S/C3H9NOSi/c1-4(2)6(3)5/h1-3H3. The van der Waals surface area contributed by atoms with Crippen molar-refractivity contribution >= 4 is 8.84 Å². The molecular formula is C3H9NOSi. The van der Waals surface area contributed by atoms with Crippen LogP contribution in [-0.4, -0.2) is 27.5 Å². The highest BCUT2D eigenvalue weighted by Gasteiger charge is 1.92. The maximum absolute atomic E-state index is 10.3. The lowest BCUT2D eigenvalue weighted by Crippen LogP contribution is -2.19. The molecule has 0 aliphatic heterocycles. The Kier molecular flexibility index (Phi) is 2.01. The minimum absolute atomic E-state index is 1.37. The molecule has 0 N–H and O–H groups in total. The molecule has 36 valence electrons. The molecule has 3 heteroatoms. The lowest BCUT2D eigenvalue weighted by molar-refractivity contribution is 0.496. The first kappa shape index (κ1) is 5.82. The normalized spacial score (nSPS) is 7.83. The molecule has 0 aromatic heterocycles. The first-order chi connectivity index (χ1) is 2.64. The van der Waals surface area contributed by atoms with Crippen LogP contribution in [0.5, 0.6) is 0 Å². The summed E-state index contributed by atoms with van der Waals surface area (Å²) < 4.78 is 12.0. The summed E-state index contributed by atoms with van der Waals surface area (Å²) in [6.45, 7) is 1.71. The van der Waals surface area contributed by atoms with E-state index in [0.717, 1.165) is 0 Å². The Morgan fingerprint density at radius 1 is 1.50 bits per heavy atom. The van der Waals surface area contributed by atoms with E-state index < -0.39 is 8.84 Å². The van der Waals surface area contributed by atoms with Crippen LogP contribution in [0.3, 0.4) is 0 Å². The van der Waals surface area contributed by atoms with E-state index in [9.17, 15) is 4.46 Å². The molecule has 0 aromatic carbocycles. The molecule has 0 spiro atoms. The summed E-state index contributed by atoms with van der Waals surface area (Å²) in [4.78, 5) is 0. The van der Waals surface area contributed by atoms with Crippen molar-refractivity contribution in [2.45, 2.75) is 6.55 Å². The first-order valence-electron chi connectivity index (χ1n) is 1.82. The van der Waals surface area contributed by atoms with Gasteiger partial charge < -0.3 is 9.03 Å². The third-order valence-corrected chi connectivity index (χ3v) is 1.89. The van der Waals surface area contributed by atoms with Crippen molar-refractivity contribution in [3.8, 4) is 0 Å². The van der Waals surface area contributed by atoms with Gasteiger partial charge in [0.05, 0.1) is 0 Å². The van der Waals surface area contributed by atoms with Crippen molar-refractivity contribution in [1.29, 1.82) is 0 Å².